The minimum Gasteiger partial charge on any atom is -0.299 e. The second kappa shape index (κ2) is 5.78. The molecule has 1 fully saturated rings. The molecule has 1 aliphatic carbocycles. The second-order valence-electron chi connectivity index (χ2n) is 4.69. The molecule has 0 bridgehead atoms. The van der Waals surface area contributed by atoms with E-state index in [1.807, 2.05) is 12.1 Å². The SMILES string of the molecule is O=C(Cc1cccnc1)C1CCCCCC1. The van der Waals surface area contributed by atoms with Crippen molar-refractivity contribution in [3.05, 3.63) is 30.1 Å². The molecule has 0 N–H and O–H groups in total. The second-order valence-corrected chi connectivity index (χ2v) is 4.69. The number of Topliss-reactive ketones (excluding diaryl/α,β-unsaturated/α-hetero) is 1. The highest BCUT2D eigenvalue weighted by Gasteiger charge is 2.19. The summed E-state index contributed by atoms with van der Waals surface area (Å²) in [4.78, 5) is 16.1. The molecular formula is C14H19NO. The Morgan fingerprint density at radius 3 is 2.62 bits per heavy atom. The van der Waals surface area contributed by atoms with Crippen LogP contribution < -0.4 is 0 Å². The van der Waals surface area contributed by atoms with Gasteiger partial charge in [0.15, 0.2) is 0 Å². The fourth-order valence-electron chi connectivity index (χ4n) is 2.45. The predicted octanol–water partition coefficient (Wildman–Crippen LogP) is 3.16. The molecule has 1 aliphatic rings. The lowest BCUT2D eigenvalue weighted by atomic mass is 9.92. The Kier molecular flexibility index (Phi) is 4.09. The first kappa shape index (κ1) is 11.3. The van der Waals surface area contributed by atoms with Crippen LogP contribution in [-0.4, -0.2) is 10.8 Å². The van der Waals surface area contributed by atoms with E-state index in [1.54, 1.807) is 12.4 Å². The van der Waals surface area contributed by atoms with Gasteiger partial charge in [-0.15, -0.1) is 0 Å². The molecule has 0 atom stereocenters. The molecule has 0 spiro atoms. The van der Waals surface area contributed by atoms with Crippen LogP contribution >= 0.6 is 0 Å². The standard InChI is InChI=1S/C14H19NO/c16-14(10-12-6-5-9-15-11-12)13-7-3-1-2-4-8-13/h5-6,9,11,13H,1-4,7-8,10H2. The summed E-state index contributed by atoms with van der Waals surface area (Å²) in [6, 6.07) is 3.89. The van der Waals surface area contributed by atoms with E-state index in [-0.39, 0.29) is 0 Å². The van der Waals surface area contributed by atoms with Gasteiger partial charge in [0.1, 0.15) is 5.78 Å². The van der Waals surface area contributed by atoms with Gasteiger partial charge in [-0.1, -0.05) is 31.7 Å². The van der Waals surface area contributed by atoms with E-state index in [0.29, 0.717) is 18.1 Å². The van der Waals surface area contributed by atoms with Gasteiger partial charge in [-0.05, 0) is 24.5 Å². The van der Waals surface area contributed by atoms with Gasteiger partial charge in [-0.2, -0.15) is 0 Å². The van der Waals surface area contributed by atoms with Crippen molar-refractivity contribution in [3.63, 3.8) is 0 Å². The summed E-state index contributed by atoms with van der Waals surface area (Å²) in [5.41, 5.74) is 1.05. The average Bonchev–Trinajstić information content (AvgIpc) is 2.59. The van der Waals surface area contributed by atoms with Gasteiger partial charge in [0, 0.05) is 24.7 Å². The molecule has 2 rings (SSSR count). The maximum absolute atomic E-state index is 12.1. The quantitative estimate of drug-likeness (QED) is 0.728. The maximum Gasteiger partial charge on any atom is 0.140 e. The zero-order valence-electron chi connectivity index (χ0n) is 9.69. The van der Waals surface area contributed by atoms with E-state index >= 15 is 0 Å². The topological polar surface area (TPSA) is 30.0 Å². The number of pyridine rings is 1. The summed E-state index contributed by atoms with van der Waals surface area (Å²) >= 11 is 0. The van der Waals surface area contributed by atoms with Gasteiger partial charge < -0.3 is 0 Å². The van der Waals surface area contributed by atoms with Crippen molar-refractivity contribution in [2.75, 3.05) is 0 Å². The molecule has 0 aromatic carbocycles. The van der Waals surface area contributed by atoms with Crippen LogP contribution in [-0.2, 0) is 11.2 Å². The molecule has 0 saturated heterocycles. The van der Waals surface area contributed by atoms with Crippen molar-refractivity contribution >= 4 is 5.78 Å². The van der Waals surface area contributed by atoms with Crippen LogP contribution in [0, 0.1) is 5.92 Å². The van der Waals surface area contributed by atoms with Crippen molar-refractivity contribution in [1.82, 2.24) is 4.98 Å². The van der Waals surface area contributed by atoms with Gasteiger partial charge in [-0.3, -0.25) is 9.78 Å². The fraction of sp³-hybridized carbons (Fsp3) is 0.571. The van der Waals surface area contributed by atoms with Crippen molar-refractivity contribution in [1.29, 1.82) is 0 Å². The molecule has 2 nitrogen and oxygen atoms in total. The molecule has 1 aromatic rings. The van der Waals surface area contributed by atoms with Crippen molar-refractivity contribution in [3.8, 4) is 0 Å². The summed E-state index contributed by atoms with van der Waals surface area (Å²) in [5, 5.41) is 0. The number of nitrogens with zero attached hydrogens (tertiary/aromatic N) is 1. The van der Waals surface area contributed by atoms with Crippen LogP contribution in [0.3, 0.4) is 0 Å². The Morgan fingerprint density at radius 1 is 1.25 bits per heavy atom. The lowest BCUT2D eigenvalue weighted by Gasteiger charge is -2.12. The predicted molar refractivity (Wildman–Crippen MR) is 64.1 cm³/mol. The first-order valence-corrected chi connectivity index (χ1v) is 6.28. The van der Waals surface area contributed by atoms with Gasteiger partial charge >= 0.3 is 0 Å². The maximum atomic E-state index is 12.1. The Labute approximate surface area is 97.1 Å². The Balaban J connectivity index is 1.92. The normalized spacial score (nSPS) is 18.0. The van der Waals surface area contributed by atoms with E-state index in [9.17, 15) is 4.79 Å². The fourth-order valence-corrected chi connectivity index (χ4v) is 2.45. The van der Waals surface area contributed by atoms with Gasteiger partial charge in [-0.25, -0.2) is 0 Å². The highest BCUT2D eigenvalue weighted by molar-refractivity contribution is 5.83. The van der Waals surface area contributed by atoms with Crippen LogP contribution in [0.25, 0.3) is 0 Å². The van der Waals surface area contributed by atoms with E-state index in [2.05, 4.69) is 4.98 Å². The monoisotopic (exact) mass is 217 g/mol. The Bertz CT molecular complexity index is 326. The molecule has 1 heterocycles. The molecular weight excluding hydrogens is 198 g/mol. The number of rotatable bonds is 3. The summed E-state index contributed by atoms with van der Waals surface area (Å²) < 4.78 is 0. The van der Waals surface area contributed by atoms with Crippen LogP contribution in [0.2, 0.25) is 0 Å². The van der Waals surface area contributed by atoms with Crippen LogP contribution in [0.15, 0.2) is 24.5 Å². The number of hydrogen-bond acceptors (Lipinski definition) is 2. The highest BCUT2D eigenvalue weighted by Crippen LogP contribution is 2.24. The van der Waals surface area contributed by atoms with E-state index in [1.165, 1.54) is 25.7 Å². The van der Waals surface area contributed by atoms with Crippen molar-refractivity contribution in [2.24, 2.45) is 5.92 Å². The highest BCUT2D eigenvalue weighted by atomic mass is 16.1. The first-order chi connectivity index (χ1) is 7.86. The van der Waals surface area contributed by atoms with Gasteiger partial charge in [0.2, 0.25) is 0 Å². The van der Waals surface area contributed by atoms with E-state index in [0.717, 1.165) is 18.4 Å². The number of carbonyl (C=O) groups excluding carboxylic acids is 1. The van der Waals surface area contributed by atoms with Crippen LogP contribution in [0.5, 0.6) is 0 Å². The minimum absolute atomic E-state index is 0.308. The van der Waals surface area contributed by atoms with Crippen LogP contribution in [0.1, 0.15) is 44.1 Å². The third kappa shape index (κ3) is 3.16. The molecule has 1 saturated carbocycles. The van der Waals surface area contributed by atoms with Gasteiger partial charge in [0.05, 0.1) is 0 Å². The molecule has 0 aliphatic heterocycles. The molecule has 0 amide bonds. The first-order valence-electron chi connectivity index (χ1n) is 6.28. The van der Waals surface area contributed by atoms with Crippen molar-refractivity contribution < 1.29 is 4.79 Å². The zero-order chi connectivity index (χ0) is 11.2. The average molecular weight is 217 g/mol. The minimum atomic E-state index is 0.308. The summed E-state index contributed by atoms with van der Waals surface area (Å²) in [7, 11) is 0. The molecule has 2 heteroatoms. The third-order valence-electron chi connectivity index (χ3n) is 3.41. The number of aromatic nitrogens is 1. The van der Waals surface area contributed by atoms with E-state index in [4.69, 9.17) is 0 Å². The van der Waals surface area contributed by atoms with Crippen LogP contribution in [0.4, 0.5) is 0 Å². The van der Waals surface area contributed by atoms with E-state index < -0.39 is 0 Å². The lowest BCUT2D eigenvalue weighted by Crippen LogP contribution is -2.16. The molecule has 86 valence electrons. The zero-order valence-corrected chi connectivity index (χ0v) is 9.69. The van der Waals surface area contributed by atoms with Crippen molar-refractivity contribution in [2.45, 2.75) is 44.9 Å². The number of ketones is 1. The summed E-state index contributed by atoms with van der Waals surface area (Å²) in [6.07, 6.45) is 11.4. The molecule has 16 heavy (non-hydrogen) atoms. The largest absolute Gasteiger partial charge is 0.299 e. The third-order valence-corrected chi connectivity index (χ3v) is 3.41. The summed E-state index contributed by atoms with van der Waals surface area (Å²) in [5.74, 6) is 0.720. The Morgan fingerprint density at radius 2 is 2.00 bits per heavy atom. The number of carbonyl (C=O) groups is 1. The lowest BCUT2D eigenvalue weighted by molar-refractivity contribution is -0.122. The number of hydrogen-bond donors (Lipinski definition) is 0. The van der Waals surface area contributed by atoms with Gasteiger partial charge in [0.25, 0.3) is 0 Å². The smallest absolute Gasteiger partial charge is 0.140 e. The Hall–Kier alpha value is -1.18. The molecule has 1 aromatic heterocycles. The summed E-state index contributed by atoms with van der Waals surface area (Å²) in [6.45, 7) is 0. The molecule has 0 unspecified atom stereocenters. The molecule has 0 radical (unpaired) electrons.